The van der Waals surface area contributed by atoms with Crippen molar-refractivity contribution in [3.63, 3.8) is 0 Å². The van der Waals surface area contributed by atoms with Gasteiger partial charge in [-0.15, -0.1) is 11.3 Å². The molecule has 28 heavy (non-hydrogen) atoms. The van der Waals surface area contributed by atoms with Gasteiger partial charge in [-0.3, -0.25) is 9.89 Å². The third kappa shape index (κ3) is 3.25. The first kappa shape index (κ1) is 18.9. The van der Waals surface area contributed by atoms with Gasteiger partial charge in [0.15, 0.2) is 10.6 Å². The Morgan fingerprint density at radius 1 is 1.39 bits per heavy atom. The van der Waals surface area contributed by atoms with Gasteiger partial charge in [0.1, 0.15) is 4.83 Å². The number of rotatable bonds is 5. The first-order chi connectivity index (χ1) is 13.5. The molecule has 4 rings (SSSR count). The third-order valence-corrected chi connectivity index (χ3v) is 6.15. The summed E-state index contributed by atoms with van der Waals surface area (Å²) in [7, 11) is 0. The molecule has 0 radical (unpaired) electrons. The number of fused-ring (bicyclic) bond motifs is 1. The molecule has 7 nitrogen and oxygen atoms in total. The number of thiophene rings is 1. The summed E-state index contributed by atoms with van der Waals surface area (Å²) in [6.07, 6.45) is 0. The van der Waals surface area contributed by atoms with Gasteiger partial charge < -0.3 is 9.88 Å². The van der Waals surface area contributed by atoms with Crippen LogP contribution in [-0.4, -0.2) is 30.5 Å². The van der Waals surface area contributed by atoms with Crippen molar-refractivity contribution >= 4 is 51.3 Å². The molecule has 0 saturated heterocycles. The molecule has 0 aliphatic heterocycles. The Hall–Kier alpha value is -2.49. The molecule has 0 atom stereocenters. The van der Waals surface area contributed by atoms with E-state index in [4.69, 9.17) is 23.8 Å². The summed E-state index contributed by atoms with van der Waals surface area (Å²) in [6, 6.07) is 9.37. The molecule has 1 aromatic carbocycles. The Morgan fingerprint density at radius 2 is 2.18 bits per heavy atom. The van der Waals surface area contributed by atoms with Crippen LogP contribution in [0.25, 0.3) is 15.9 Å². The van der Waals surface area contributed by atoms with Crippen molar-refractivity contribution in [3.05, 3.63) is 56.5 Å². The highest BCUT2D eigenvalue weighted by Crippen LogP contribution is 2.32. The van der Waals surface area contributed by atoms with E-state index in [0.717, 1.165) is 21.6 Å². The number of amides is 1. The van der Waals surface area contributed by atoms with Crippen LogP contribution >= 0.6 is 35.2 Å². The number of hydrogen-bond acceptors (Lipinski definition) is 5. The molecule has 0 bridgehead atoms. The Kier molecular flexibility index (Phi) is 5.05. The van der Waals surface area contributed by atoms with Gasteiger partial charge in [0.2, 0.25) is 0 Å². The van der Waals surface area contributed by atoms with Gasteiger partial charge in [-0.05, 0) is 44.3 Å². The summed E-state index contributed by atoms with van der Waals surface area (Å²) in [5.74, 6) is 0.531. The smallest absolute Gasteiger partial charge is 0.261 e. The van der Waals surface area contributed by atoms with Crippen LogP contribution in [0.4, 0.5) is 0 Å². The molecule has 0 unspecified atom stereocenters. The van der Waals surface area contributed by atoms with Crippen molar-refractivity contribution in [1.82, 2.24) is 29.9 Å². The third-order valence-electron chi connectivity index (χ3n) is 4.41. The van der Waals surface area contributed by atoms with Gasteiger partial charge in [-0.2, -0.15) is 10.2 Å². The average Bonchev–Trinajstić information content (AvgIpc) is 3.35. The number of carbonyl (C=O) groups is 1. The van der Waals surface area contributed by atoms with Crippen LogP contribution in [0.2, 0.25) is 5.02 Å². The molecule has 144 valence electrons. The Bertz CT molecular complexity index is 1230. The lowest BCUT2D eigenvalue weighted by Crippen LogP contribution is -2.24. The number of nitrogens with one attached hydrogen (secondary N) is 2. The van der Waals surface area contributed by atoms with Crippen molar-refractivity contribution in [2.75, 3.05) is 0 Å². The topological polar surface area (TPSA) is 80.5 Å². The monoisotopic (exact) mass is 432 g/mol. The number of nitrogens with zero attached hydrogens (tertiary/aromatic N) is 4. The number of benzene rings is 1. The van der Waals surface area contributed by atoms with Gasteiger partial charge in [-0.1, -0.05) is 23.7 Å². The van der Waals surface area contributed by atoms with E-state index in [1.165, 1.54) is 11.3 Å². The van der Waals surface area contributed by atoms with Crippen LogP contribution < -0.4 is 5.32 Å². The molecular weight excluding hydrogens is 416 g/mol. The molecule has 0 fully saturated rings. The molecule has 10 heteroatoms. The van der Waals surface area contributed by atoms with Crippen LogP contribution in [0.5, 0.6) is 0 Å². The van der Waals surface area contributed by atoms with Gasteiger partial charge in [0.25, 0.3) is 5.91 Å². The summed E-state index contributed by atoms with van der Waals surface area (Å²) in [5, 5.41) is 16.0. The predicted octanol–water partition coefficient (Wildman–Crippen LogP) is 4.25. The standard InChI is InChI=1S/C18H17ClN6OS2/c1-3-24-15(21-22-18(24)27)9-20-16(26)14-8-11-10(2)23-25(17(11)28-14)13-7-5-4-6-12(13)19/h4-8H,3,9H2,1-2H3,(H,20,26)(H,22,27). The van der Waals surface area contributed by atoms with Crippen molar-refractivity contribution in [3.8, 4) is 5.69 Å². The highest BCUT2D eigenvalue weighted by atomic mass is 35.5. The maximum Gasteiger partial charge on any atom is 0.261 e. The Labute approximate surface area is 174 Å². The van der Waals surface area contributed by atoms with E-state index in [2.05, 4.69) is 20.6 Å². The number of para-hydroxylation sites is 1. The maximum atomic E-state index is 12.7. The number of hydrogen-bond donors (Lipinski definition) is 2. The van der Waals surface area contributed by atoms with Crippen molar-refractivity contribution < 1.29 is 4.79 Å². The number of carbonyl (C=O) groups excluding carboxylic acids is 1. The molecule has 0 aliphatic carbocycles. The molecule has 0 aliphatic rings. The van der Waals surface area contributed by atoms with Gasteiger partial charge in [-0.25, -0.2) is 4.68 Å². The van der Waals surface area contributed by atoms with E-state index in [0.29, 0.717) is 33.6 Å². The molecular formula is C18H17ClN6OS2. The molecule has 2 N–H and O–H groups in total. The fraction of sp³-hybridized carbons (Fsp3) is 0.222. The molecule has 4 aromatic rings. The Morgan fingerprint density at radius 3 is 2.93 bits per heavy atom. The molecule has 0 saturated carbocycles. The molecule has 1 amide bonds. The minimum Gasteiger partial charge on any atom is -0.344 e. The van der Waals surface area contributed by atoms with Crippen molar-refractivity contribution in [2.24, 2.45) is 0 Å². The number of H-pyrrole nitrogens is 1. The second-order valence-corrected chi connectivity index (χ2v) is 7.97. The minimum atomic E-state index is -0.164. The molecule has 3 heterocycles. The van der Waals surface area contributed by atoms with E-state index in [1.807, 2.05) is 48.7 Å². The van der Waals surface area contributed by atoms with E-state index in [-0.39, 0.29) is 5.91 Å². The fourth-order valence-corrected chi connectivity index (χ4v) is 4.59. The van der Waals surface area contributed by atoms with Crippen molar-refractivity contribution in [1.29, 1.82) is 0 Å². The second kappa shape index (κ2) is 7.50. The van der Waals surface area contributed by atoms with E-state index in [1.54, 1.807) is 4.68 Å². The molecule has 0 spiro atoms. The summed E-state index contributed by atoms with van der Waals surface area (Å²) < 4.78 is 4.18. The molecule has 3 aromatic heterocycles. The van der Waals surface area contributed by atoms with E-state index < -0.39 is 0 Å². The number of aromatic nitrogens is 5. The minimum absolute atomic E-state index is 0.164. The highest BCUT2D eigenvalue weighted by Gasteiger charge is 2.18. The lowest BCUT2D eigenvalue weighted by atomic mass is 10.3. The fourth-order valence-electron chi connectivity index (χ4n) is 3.00. The van der Waals surface area contributed by atoms with Gasteiger partial charge in [0, 0.05) is 11.9 Å². The number of aryl methyl sites for hydroxylation is 1. The number of halogens is 1. The summed E-state index contributed by atoms with van der Waals surface area (Å²) >= 11 is 12.9. The van der Waals surface area contributed by atoms with E-state index >= 15 is 0 Å². The van der Waals surface area contributed by atoms with Crippen molar-refractivity contribution in [2.45, 2.75) is 26.9 Å². The predicted molar refractivity (Wildman–Crippen MR) is 113 cm³/mol. The first-order valence-electron chi connectivity index (χ1n) is 8.66. The maximum absolute atomic E-state index is 12.7. The van der Waals surface area contributed by atoms with Gasteiger partial charge in [0.05, 0.1) is 27.8 Å². The van der Waals surface area contributed by atoms with Crippen LogP contribution in [0, 0.1) is 11.7 Å². The Balaban J connectivity index is 1.63. The summed E-state index contributed by atoms with van der Waals surface area (Å²) in [6.45, 7) is 4.88. The first-order valence-corrected chi connectivity index (χ1v) is 10.3. The van der Waals surface area contributed by atoms with Gasteiger partial charge >= 0.3 is 0 Å². The zero-order chi connectivity index (χ0) is 19.8. The summed E-state index contributed by atoms with van der Waals surface area (Å²) in [5.41, 5.74) is 1.63. The lowest BCUT2D eigenvalue weighted by Gasteiger charge is -2.05. The highest BCUT2D eigenvalue weighted by molar-refractivity contribution is 7.71. The lowest BCUT2D eigenvalue weighted by molar-refractivity contribution is 0.0953. The summed E-state index contributed by atoms with van der Waals surface area (Å²) in [4.78, 5) is 14.2. The van der Waals surface area contributed by atoms with Crippen LogP contribution in [0.15, 0.2) is 30.3 Å². The SMILES string of the molecule is CCn1c(CNC(=O)c2cc3c(C)nn(-c4ccccc4Cl)c3s2)n[nH]c1=S. The van der Waals surface area contributed by atoms with Crippen LogP contribution in [0.3, 0.4) is 0 Å². The van der Waals surface area contributed by atoms with Crippen LogP contribution in [0.1, 0.15) is 28.1 Å². The van der Waals surface area contributed by atoms with E-state index in [9.17, 15) is 4.79 Å². The zero-order valence-corrected chi connectivity index (χ0v) is 17.6. The largest absolute Gasteiger partial charge is 0.344 e. The zero-order valence-electron chi connectivity index (χ0n) is 15.2. The van der Waals surface area contributed by atoms with Crippen LogP contribution in [-0.2, 0) is 13.1 Å². The number of aromatic amines is 1. The second-order valence-electron chi connectivity index (χ2n) is 6.15. The normalized spacial score (nSPS) is 11.2. The quantitative estimate of drug-likeness (QED) is 0.462. The average molecular weight is 433 g/mol.